The van der Waals surface area contributed by atoms with Gasteiger partial charge in [0.15, 0.2) is 0 Å². The van der Waals surface area contributed by atoms with Crippen molar-refractivity contribution in [3.63, 3.8) is 0 Å². The fourth-order valence-corrected chi connectivity index (χ4v) is 5.02. The molecular weight excluding hydrogens is 420 g/mol. The van der Waals surface area contributed by atoms with Gasteiger partial charge in [-0.1, -0.05) is 91.0 Å². The van der Waals surface area contributed by atoms with Crippen LogP contribution in [0.3, 0.4) is 0 Å². The zero-order valence-corrected chi connectivity index (χ0v) is 20.0. The molecule has 3 aromatic rings. The van der Waals surface area contributed by atoms with Crippen LogP contribution in [-0.2, 0) is 21.4 Å². The number of hydrogen-bond donors (Lipinski definition) is 1. The van der Waals surface area contributed by atoms with Crippen LogP contribution in [0, 0.1) is 0 Å². The fourth-order valence-electron chi connectivity index (χ4n) is 5.02. The van der Waals surface area contributed by atoms with Crippen molar-refractivity contribution in [3.8, 4) is 0 Å². The van der Waals surface area contributed by atoms with Crippen LogP contribution in [0.1, 0.15) is 55.3 Å². The lowest BCUT2D eigenvalue weighted by molar-refractivity contribution is -0.133. The van der Waals surface area contributed by atoms with Gasteiger partial charge in [-0.2, -0.15) is 0 Å². The number of nitrogens with zero attached hydrogens (tertiary/aromatic N) is 1. The zero-order chi connectivity index (χ0) is 23.8. The van der Waals surface area contributed by atoms with E-state index >= 15 is 0 Å². The van der Waals surface area contributed by atoms with E-state index in [1.807, 2.05) is 78.6 Å². The number of carbonyl (C=O) groups excluding carboxylic acids is 2. The van der Waals surface area contributed by atoms with Crippen LogP contribution in [0.2, 0.25) is 0 Å². The first-order valence-corrected chi connectivity index (χ1v) is 12.3. The van der Waals surface area contributed by atoms with Crippen LogP contribution in [-0.4, -0.2) is 29.8 Å². The molecule has 1 aliphatic rings. The van der Waals surface area contributed by atoms with E-state index in [9.17, 15) is 9.59 Å². The zero-order valence-electron chi connectivity index (χ0n) is 20.0. The maximum absolute atomic E-state index is 13.2. The average molecular weight is 455 g/mol. The van der Waals surface area contributed by atoms with Crippen LogP contribution < -0.4 is 5.32 Å². The summed E-state index contributed by atoms with van der Waals surface area (Å²) in [6, 6.07) is 30.5. The van der Waals surface area contributed by atoms with Gasteiger partial charge in [-0.25, -0.2) is 0 Å². The number of hydrogen-bond acceptors (Lipinski definition) is 2. The third kappa shape index (κ3) is 5.93. The number of rotatable bonds is 8. The molecule has 1 atom stereocenters. The van der Waals surface area contributed by atoms with Crippen LogP contribution in [0.25, 0.3) is 0 Å². The molecule has 4 nitrogen and oxygen atoms in total. The Labute approximate surface area is 203 Å². The highest BCUT2D eigenvalue weighted by Gasteiger charge is 2.39. The van der Waals surface area contributed by atoms with E-state index < -0.39 is 0 Å². The Balaban J connectivity index is 1.40. The summed E-state index contributed by atoms with van der Waals surface area (Å²) in [4.78, 5) is 28.0. The van der Waals surface area contributed by atoms with Crippen molar-refractivity contribution >= 4 is 11.8 Å². The lowest BCUT2D eigenvalue weighted by atomic mass is 9.70. The quantitative estimate of drug-likeness (QED) is 0.492. The van der Waals surface area contributed by atoms with Crippen molar-refractivity contribution in [1.29, 1.82) is 0 Å². The molecule has 1 aliphatic heterocycles. The lowest BCUT2D eigenvalue weighted by Crippen LogP contribution is -2.47. The van der Waals surface area contributed by atoms with Crippen molar-refractivity contribution in [2.45, 2.75) is 50.5 Å². The third-order valence-electron chi connectivity index (χ3n) is 7.11. The van der Waals surface area contributed by atoms with Gasteiger partial charge in [0.25, 0.3) is 0 Å². The highest BCUT2D eigenvalue weighted by molar-refractivity contribution is 5.79. The van der Waals surface area contributed by atoms with Gasteiger partial charge >= 0.3 is 0 Å². The third-order valence-corrected chi connectivity index (χ3v) is 7.11. The van der Waals surface area contributed by atoms with Crippen molar-refractivity contribution in [2.24, 2.45) is 0 Å². The SMILES string of the molecule is CC(NC(=O)CC1(c2ccccc2)CCN(C(=O)CCc2ccccc2)CC1)c1ccccc1. The van der Waals surface area contributed by atoms with Gasteiger partial charge in [0.2, 0.25) is 11.8 Å². The number of benzene rings is 3. The molecule has 0 aromatic heterocycles. The second-order valence-electron chi connectivity index (χ2n) is 9.39. The first kappa shape index (κ1) is 23.7. The molecule has 34 heavy (non-hydrogen) atoms. The molecule has 0 spiro atoms. The highest BCUT2D eigenvalue weighted by atomic mass is 16.2. The Bertz CT molecular complexity index is 1060. The smallest absolute Gasteiger partial charge is 0.222 e. The van der Waals surface area contributed by atoms with Crippen LogP contribution in [0.4, 0.5) is 0 Å². The fraction of sp³-hybridized carbons (Fsp3) is 0.333. The summed E-state index contributed by atoms with van der Waals surface area (Å²) in [5, 5.41) is 3.19. The molecule has 4 rings (SSSR count). The summed E-state index contributed by atoms with van der Waals surface area (Å²) >= 11 is 0. The minimum atomic E-state index is -0.252. The molecular formula is C30H34N2O2. The number of amides is 2. The minimum absolute atomic E-state index is 0.0406. The van der Waals surface area contributed by atoms with Gasteiger partial charge in [0.1, 0.15) is 0 Å². The minimum Gasteiger partial charge on any atom is -0.350 e. The molecule has 4 heteroatoms. The normalized spacial score (nSPS) is 16.0. The lowest BCUT2D eigenvalue weighted by Gasteiger charge is -2.42. The molecule has 1 heterocycles. The van der Waals surface area contributed by atoms with Gasteiger partial charge < -0.3 is 10.2 Å². The first-order chi connectivity index (χ1) is 16.6. The Morgan fingerprint density at radius 1 is 0.853 bits per heavy atom. The van der Waals surface area contributed by atoms with E-state index in [2.05, 4.69) is 29.6 Å². The molecule has 0 saturated carbocycles. The number of piperidine rings is 1. The van der Waals surface area contributed by atoms with E-state index in [1.54, 1.807) is 0 Å². The van der Waals surface area contributed by atoms with E-state index in [1.165, 1.54) is 11.1 Å². The molecule has 0 aliphatic carbocycles. The van der Waals surface area contributed by atoms with Crippen LogP contribution in [0.15, 0.2) is 91.0 Å². The monoisotopic (exact) mass is 454 g/mol. The van der Waals surface area contributed by atoms with Gasteiger partial charge in [-0.3, -0.25) is 9.59 Å². The van der Waals surface area contributed by atoms with Crippen LogP contribution in [0.5, 0.6) is 0 Å². The van der Waals surface area contributed by atoms with Gasteiger partial charge in [0, 0.05) is 31.3 Å². The molecule has 1 N–H and O–H groups in total. The number of aryl methyl sites for hydroxylation is 1. The first-order valence-electron chi connectivity index (χ1n) is 12.3. The molecule has 0 bridgehead atoms. The highest BCUT2D eigenvalue weighted by Crippen LogP contribution is 2.39. The Morgan fingerprint density at radius 3 is 2.03 bits per heavy atom. The Morgan fingerprint density at radius 2 is 1.41 bits per heavy atom. The molecule has 3 aromatic carbocycles. The maximum Gasteiger partial charge on any atom is 0.222 e. The second-order valence-corrected chi connectivity index (χ2v) is 9.39. The molecule has 1 fully saturated rings. The Kier molecular flexibility index (Phi) is 7.79. The van der Waals surface area contributed by atoms with Crippen molar-refractivity contribution < 1.29 is 9.59 Å². The van der Waals surface area contributed by atoms with Crippen molar-refractivity contribution in [1.82, 2.24) is 10.2 Å². The van der Waals surface area contributed by atoms with Gasteiger partial charge in [-0.05, 0) is 42.9 Å². The standard InChI is InChI=1S/C30H34N2O2/c1-24(26-13-7-3-8-14-26)31-28(33)23-30(27-15-9-4-10-16-27)19-21-32(22-20-30)29(34)18-17-25-11-5-2-6-12-25/h2-16,24H,17-23H2,1H3,(H,31,33). The Hall–Kier alpha value is -3.40. The van der Waals surface area contributed by atoms with E-state index in [0.717, 1.165) is 24.8 Å². The number of nitrogens with one attached hydrogen (secondary N) is 1. The van der Waals surface area contributed by atoms with Crippen molar-refractivity contribution in [2.75, 3.05) is 13.1 Å². The predicted molar refractivity (Wildman–Crippen MR) is 136 cm³/mol. The van der Waals surface area contributed by atoms with E-state index in [0.29, 0.717) is 25.9 Å². The summed E-state index contributed by atoms with van der Waals surface area (Å²) in [6.07, 6.45) is 3.31. The molecule has 0 radical (unpaired) electrons. The average Bonchev–Trinajstić information content (AvgIpc) is 2.89. The predicted octanol–water partition coefficient (Wildman–Crippen LogP) is 5.45. The summed E-state index contributed by atoms with van der Waals surface area (Å²) < 4.78 is 0. The van der Waals surface area contributed by atoms with Crippen LogP contribution >= 0.6 is 0 Å². The summed E-state index contributed by atoms with van der Waals surface area (Å²) in [5.41, 5.74) is 3.23. The summed E-state index contributed by atoms with van der Waals surface area (Å²) in [6.45, 7) is 3.39. The molecule has 176 valence electrons. The topological polar surface area (TPSA) is 49.4 Å². The van der Waals surface area contributed by atoms with Gasteiger partial charge in [-0.15, -0.1) is 0 Å². The maximum atomic E-state index is 13.2. The van der Waals surface area contributed by atoms with E-state index in [4.69, 9.17) is 0 Å². The number of likely N-dealkylation sites (tertiary alicyclic amines) is 1. The summed E-state index contributed by atoms with van der Waals surface area (Å²) in [7, 11) is 0. The molecule has 1 unspecified atom stereocenters. The van der Waals surface area contributed by atoms with Crippen molar-refractivity contribution in [3.05, 3.63) is 108 Å². The molecule has 2 amide bonds. The largest absolute Gasteiger partial charge is 0.350 e. The number of carbonyl (C=O) groups is 2. The van der Waals surface area contributed by atoms with E-state index in [-0.39, 0.29) is 23.3 Å². The van der Waals surface area contributed by atoms with Gasteiger partial charge in [0.05, 0.1) is 6.04 Å². The molecule has 1 saturated heterocycles. The summed E-state index contributed by atoms with van der Waals surface area (Å²) in [5.74, 6) is 0.261. The second kappa shape index (κ2) is 11.1.